The Balaban J connectivity index is 2.32. The molecular weight excluding hydrogens is 295 g/mol. The summed E-state index contributed by atoms with van der Waals surface area (Å²) in [7, 11) is 0. The van der Waals surface area contributed by atoms with Crippen LogP contribution in [0.2, 0.25) is 0 Å². The van der Waals surface area contributed by atoms with Crippen molar-refractivity contribution in [2.45, 2.75) is 39.3 Å². The van der Waals surface area contributed by atoms with Crippen molar-refractivity contribution >= 4 is 11.6 Å². The van der Waals surface area contributed by atoms with E-state index in [1.54, 1.807) is 6.92 Å². The molecule has 1 N–H and O–H groups in total. The van der Waals surface area contributed by atoms with E-state index in [1.807, 2.05) is 0 Å². The Morgan fingerprint density at radius 2 is 2.05 bits per heavy atom. The highest BCUT2D eigenvalue weighted by molar-refractivity contribution is 5.94. The van der Waals surface area contributed by atoms with Gasteiger partial charge in [0.25, 0.3) is 5.91 Å². The van der Waals surface area contributed by atoms with Crippen LogP contribution < -0.4 is 5.32 Å². The fraction of sp³-hybridized carbons (Fsp3) is 0.467. The minimum Gasteiger partial charge on any atom is -0.351 e. The van der Waals surface area contributed by atoms with Gasteiger partial charge < -0.3 is 5.32 Å². The number of carbonyl (C=O) groups is 1. The Labute approximate surface area is 126 Å². The van der Waals surface area contributed by atoms with Crippen LogP contribution in [0.5, 0.6) is 0 Å². The summed E-state index contributed by atoms with van der Waals surface area (Å²) in [6, 6.07) is 2.23. The second-order valence-corrected chi connectivity index (χ2v) is 5.15. The van der Waals surface area contributed by atoms with Gasteiger partial charge in [-0.3, -0.25) is 9.20 Å². The van der Waals surface area contributed by atoms with Crippen LogP contribution in [0.15, 0.2) is 18.3 Å². The minimum absolute atomic E-state index is 0.151. The van der Waals surface area contributed by atoms with E-state index in [1.165, 1.54) is 10.5 Å². The van der Waals surface area contributed by atoms with Crippen LogP contribution in [0.3, 0.4) is 0 Å². The third-order valence-corrected chi connectivity index (χ3v) is 3.40. The third kappa shape index (κ3) is 3.40. The molecule has 1 amide bonds. The molecule has 7 heteroatoms. The van der Waals surface area contributed by atoms with Gasteiger partial charge in [-0.1, -0.05) is 19.8 Å². The molecule has 2 aromatic rings. The highest BCUT2D eigenvalue weighted by Gasteiger charge is 2.31. The summed E-state index contributed by atoms with van der Waals surface area (Å²) in [5, 5.41) is 2.73. The zero-order chi connectivity index (χ0) is 16.3. The highest BCUT2D eigenvalue weighted by Crippen LogP contribution is 2.29. The molecule has 0 spiro atoms. The highest BCUT2D eigenvalue weighted by atomic mass is 19.4. The molecule has 0 radical (unpaired) electrons. The van der Waals surface area contributed by atoms with Crippen LogP contribution in [0.1, 0.15) is 47.9 Å². The molecule has 0 aliphatic rings. The summed E-state index contributed by atoms with van der Waals surface area (Å²) >= 11 is 0. The van der Waals surface area contributed by atoms with Gasteiger partial charge >= 0.3 is 6.18 Å². The summed E-state index contributed by atoms with van der Waals surface area (Å²) in [4.78, 5) is 16.3. The maximum Gasteiger partial charge on any atom is 0.417 e. The summed E-state index contributed by atoms with van der Waals surface area (Å²) in [6.45, 7) is 4.16. The molecule has 0 unspecified atom stereocenters. The number of hydrogen-bond donors (Lipinski definition) is 1. The average molecular weight is 313 g/mol. The Hall–Kier alpha value is -2.05. The first-order valence-electron chi connectivity index (χ1n) is 7.18. The molecule has 2 heterocycles. The number of aromatic nitrogens is 2. The van der Waals surface area contributed by atoms with E-state index in [0.717, 1.165) is 31.5 Å². The van der Waals surface area contributed by atoms with Crippen LogP contribution in [0.25, 0.3) is 5.65 Å². The number of nitrogens with one attached hydrogen (secondary N) is 1. The molecular formula is C15H18F3N3O. The lowest BCUT2D eigenvalue weighted by molar-refractivity contribution is -0.137. The van der Waals surface area contributed by atoms with Crippen molar-refractivity contribution in [2.24, 2.45) is 0 Å². The minimum atomic E-state index is -4.46. The molecule has 0 saturated carbocycles. The first kappa shape index (κ1) is 16.3. The van der Waals surface area contributed by atoms with Crippen LogP contribution in [-0.2, 0) is 6.18 Å². The van der Waals surface area contributed by atoms with Crippen molar-refractivity contribution in [3.63, 3.8) is 0 Å². The number of halogens is 3. The van der Waals surface area contributed by atoms with Crippen molar-refractivity contribution in [2.75, 3.05) is 6.54 Å². The molecule has 120 valence electrons. The fourth-order valence-corrected chi connectivity index (χ4v) is 2.26. The number of amides is 1. The lowest BCUT2D eigenvalue weighted by Gasteiger charge is -2.09. The molecule has 2 aromatic heterocycles. The van der Waals surface area contributed by atoms with Gasteiger partial charge in [0, 0.05) is 12.7 Å². The van der Waals surface area contributed by atoms with Gasteiger partial charge in [-0.2, -0.15) is 13.2 Å². The lowest BCUT2D eigenvalue weighted by Crippen LogP contribution is -2.26. The first-order chi connectivity index (χ1) is 10.3. The third-order valence-electron chi connectivity index (χ3n) is 3.40. The van der Waals surface area contributed by atoms with Crippen LogP contribution in [0, 0.1) is 6.92 Å². The van der Waals surface area contributed by atoms with Gasteiger partial charge in [0.15, 0.2) is 0 Å². The number of unbranched alkanes of at least 4 members (excludes halogenated alkanes) is 2. The number of nitrogens with zero attached hydrogens (tertiary/aromatic N) is 2. The van der Waals surface area contributed by atoms with E-state index in [2.05, 4.69) is 17.2 Å². The van der Waals surface area contributed by atoms with Crippen molar-refractivity contribution in [3.05, 3.63) is 35.3 Å². The summed E-state index contributed by atoms with van der Waals surface area (Å²) < 4.78 is 39.6. The molecule has 2 rings (SSSR count). The summed E-state index contributed by atoms with van der Waals surface area (Å²) in [5.41, 5.74) is 0.0755. The van der Waals surface area contributed by atoms with Gasteiger partial charge in [-0.15, -0.1) is 0 Å². The molecule has 0 atom stereocenters. The number of imidazole rings is 1. The van der Waals surface area contributed by atoms with Gasteiger partial charge in [0.2, 0.25) is 0 Å². The number of carbonyl (C=O) groups excluding carboxylic acids is 1. The largest absolute Gasteiger partial charge is 0.417 e. The molecule has 0 aromatic carbocycles. The number of rotatable bonds is 5. The zero-order valence-corrected chi connectivity index (χ0v) is 12.5. The number of pyridine rings is 1. The molecule has 0 bridgehead atoms. The average Bonchev–Trinajstić information content (AvgIpc) is 2.77. The number of alkyl halides is 3. The molecule has 0 aliphatic heterocycles. The van der Waals surface area contributed by atoms with Crippen LogP contribution in [-0.4, -0.2) is 21.8 Å². The molecule has 0 aliphatic carbocycles. The van der Waals surface area contributed by atoms with Crippen molar-refractivity contribution in [1.82, 2.24) is 14.7 Å². The normalized spacial score (nSPS) is 11.9. The number of aryl methyl sites for hydroxylation is 1. The van der Waals surface area contributed by atoms with E-state index in [-0.39, 0.29) is 5.69 Å². The van der Waals surface area contributed by atoms with Crippen LogP contribution >= 0.6 is 0 Å². The Kier molecular flexibility index (Phi) is 4.73. The van der Waals surface area contributed by atoms with Gasteiger partial charge in [-0.25, -0.2) is 4.98 Å². The smallest absolute Gasteiger partial charge is 0.351 e. The Morgan fingerprint density at radius 3 is 2.68 bits per heavy atom. The Bertz CT molecular complexity index is 676. The molecule has 0 saturated heterocycles. The summed E-state index contributed by atoms with van der Waals surface area (Å²) in [5.74, 6) is -0.402. The van der Waals surface area contributed by atoms with Gasteiger partial charge in [0.05, 0.1) is 11.3 Å². The fourth-order valence-electron chi connectivity index (χ4n) is 2.26. The monoisotopic (exact) mass is 313 g/mol. The van der Waals surface area contributed by atoms with E-state index < -0.39 is 17.6 Å². The van der Waals surface area contributed by atoms with Crippen molar-refractivity contribution < 1.29 is 18.0 Å². The lowest BCUT2D eigenvalue weighted by atomic mass is 10.2. The standard InChI is InChI=1S/C15H18F3N3O/c1-3-4-5-8-19-14(22)13-10(2)20-12-7-6-11(9-21(12)13)15(16,17)18/h6-7,9H,3-5,8H2,1-2H3,(H,19,22). The van der Waals surface area contributed by atoms with Crippen molar-refractivity contribution in [3.8, 4) is 0 Å². The topological polar surface area (TPSA) is 46.4 Å². The number of fused-ring (bicyclic) bond motifs is 1. The quantitative estimate of drug-likeness (QED) is 0.858. The first-order valence-corrected chi connectivity index (χ1v) is 7.18. The zero-order valence-electron chi connectivity index (χ0n) is 12.5. The van der Waals surface area contributed by atoms with Crippen LogP contribution in [0.4, 0.5) is 13.2 Å². The Morgan fingerprint density at radius 1 is 1.32 bits per heavy atom. The maximum atomic E-state index is 12.8. The SMILES string of the molecule is CCCCCNC(=O)c1c(C)nc2ccc(C(F)(F)F)cn12. The van der Waals surface area contributed by atoms with E-state index >= 15 is 0 Å². The second kappa shape index (κ2) is 6.37. The molecule has 22 heavy (non-hydrogen) atoms. The molecule has 0 fully saturated rings. The molecule has 4 nitrogen and oxygen atoms in total. The van der Waals surface area contributed by atoms with Gasteiger partial charge in [0.1, 0.15) is 11.3 Å². The van der Waals surface area contributed by atoms with Gasteiger partial charge in [-0.05, 0) is 25.5 Å². The summed E-state index contributed by atoms with van der Waals surface area (Å²) in [6.07, 6.45) is -0.687. The second-order valence-electron chi connectivity index (χ2n) is 5.15. The van der Waals surface area contributed by atoms with Crippen molar-refractivity contribution in [1.29, 1.82) is 0 Å². The predicted molar refractivity (Wildman–Crippen MR) is 76.8 cm³/mol. The van der Waals surface area contributed by atoms with E-state index in [0.29, 0.717) is 17.9 Å². The number of hydrogen-bond acceptors (Lipinski definition) is 2. The van der Waals surface area contributed by atoms with E-state index in [4.69, 9.17) is 0 Å². The predicted octanol–water partition coefficient (Wildman–Crippen LogP) is 3.58. The van der Waals surface area contributed by atoms with E-state index in [9.17, 15) is 18.0 Å². The maximum absolute atomic E-state index is 12.8.